The fraction of sp³-hybridized carbons (Fsp3) is 0.269. The fourth-order valence-corrected chi connectivity index (χ4v) is 5.38. The molecule has 1 fully saturated rings. The van der Waals surface area contributed by atoms with Crippen molar-refractivity contribution in [2.24, 2.45) is 0 Å². The Balaban J connectivity index is 1.69. The van der Waals surface area contributed by atoms with Crippen molar-refractivity contribution in [1.82, 2.24) is 4.90 Å². The number of benzene rings is 3. The Morgan fingerprint density at radius 3 is 2.47 bits per heavy atom. The molecule has 0 aliphatic carbocycles. The molecule has 1 amide bonds. The molecule has 6 heteroatoms. The molecule has 1 aliphatic heterocycles. The van der Waals surface area contributed by atoms with Gasteiger partial charge in [0.2, 0.25) is 5.91 Å². The lowest BCUT2D eigenvalue weighted by Crippen LogP contribution is -2.30. The van der Waals surface area contributed by atoms with Gasteiger partial charge in [-0.2, -0.15) is 0 Å². The first kappa shape index (κ1) is 22.2. The first-order valence-electron chi connectivity index (χ1n) is 10.5. The van der Waals surface area contributed by atoms with Gasteiger partial charge in [-0.15, -0.1) is 11.8 Å². The highest BCUT2D eigenvalue weighted by atomic mass is 32.2. The number of ether oxygens (including phenoxy) is 2. The summed E-state index contributed by atoms with van der Waals surface area (Å²) in [7, 11) is 3.19. The van der Waals surface area contributed by atoms with Crippen molar-refractivity contribution in [1.29, 1.82) is 0 Å². The van der Waals surface area contributed by atoms with Gasteiger partial charge in [-0.3, -0.25) is 4.79 Å². The van der Waals surface area contributed by atoms with E-state index in [9.17, 15) is 9.18 Å². The second kappa shape index (κ2) is 9.65. The molecular formula is C26H26FNO3S. The maximum absolute atomic E-state index is 14.9. The monoisotopic (exact) mass is 451 g/mol. The van der Waals surface area contributed by atoms with Crippen molar-refractivity contribution in [3.63, 3.8) is 0 Å². The standard InChI is InChI=1S/C26H26FNO3S/c1-17-8-12-20(13-9-17)32-24-15-25(29)28(26(24)21-6-4-5-7-22(21)27)16-18-10-11-19(30-2)14-23(18)31-3/h4-14,24,26H,15-16H2,1-3H3. The zero-order valence-corrected chi connectivity index (χ0v) is 19.2. The van der Waals surface area contributed by atoms with Crippen LogP contribution in [0, 0.1) is 12.7 Å². The van der Waals surface area contributed by atoms with Gasteiger partial charge < -0.3 is 14.4 Å². The van der Waals surface area contributed by atoms with Crippen LogP contribution in [0.3, 0.4) is 0 Å². The fourth-order valence-electron chi connectivity index (χ4n) is 4.09. The number of amides is 1. The van der Waals surface area contributed by atoms with Gasteiger partial charge in [0.1, 0.15) is 17.3 Å². The number of hydrogen-bond donors (Lipinski definition) is 0. The van der Waals surface area contributed by atoms with Gasteiger partial charge in [-0.1, -0.05) is 35.9 Å². The average Bonchev–Trinajstić information content (AvgIpc) is 3.10. The van der Waals surface area contributed by atoms with Gasteiger partial charge in [-0.05, 0) is 37.3 Å². The Labute approximate surface area is 192 Å². The van der Waals surface area contributed by atoms with Crippen LogP contribution >= 0.6 is 11.8 Å². The Bertz CT molecular complexity index is 1100. The third kappa shape index (κ3) is 4.60. The molecule has 0 bridgehead atoms. The summed E-state index contributed by atoms with van der Waals surface area (Å²) in [6, 6.07) is 20.1. The minimum Gasteiger partial charge on any atom is -0.497 e. The highest BCUT2D eigenvalue weighted by Crippen LogP contribution is 2.45. The van der Waals surface area contributed by atoms with Gasteiger partial charge >= 0.3 is 0 Å². The van der Waals surface area contributed by atoms with Crippen molar-refractivity contribution in [3.05, 3.63) is 89.2 Å². The molecule has 1 heterocycles. The summed E-state index contributed by atoms with van der Waals surface area (Å²) < 4.78 is 25.7. The van der Waals surface area contributed by atoms with Crippen molar-refractivity contribution in [2.45, 2.75) is 36.1 Å². The number of nitrogens with zero attached hydrogens (tertiary/aromatic N) is 1. The molecule has 2 atom stereocenters. The number of methoxy groups -OCH3 is 2. The van der Waals surface area contributed by atoms with Crippen molar-refractivity contribution >= 4 is 17.7 Å². The third-order valence-corrected chi connectivity index (χ3v) is 7.02. The lowest BCUT2D eigenvalue weighted by atomic mass is 10.0. The van der Waals surface area contributed by atoms with Gasteiger partial charge in [0.15, 0.2) is 0 Å². The van der Waals surface area contributed by atoms with Crippen LogP contribution in [0.5, 0.6) is 11.5 Å². The van der Waals surface area contributed by atoms with Crippen LogP contribution < -0.4 is 9.47 Å². The van der Waals surface area contributed by atoms with Crippen LogP contribution in [0.25, 0.3) is 0 Å². The van der Waals surface area contributed by atoms with Crippen molar-refractivity contribution in [2.75, 3.05) is 14.2 Å². The van der Waals surface area contributed by atoms with Crippen LogP contribution in [-0.2, 0) is 11.3 Å². The van der Waals surface area contributed by atoms with Gasteiger partial charge in [0.05, 0.1) is 20.3 Å². The number of carbonyl (C=O) groups excluding carboxylic acids is 1. The van der Waals surface area contributed by atoms with E-state index >= 15 is 0 Å². The second-order valence-corrected chi connectivity index (χ2v) is 9.15. The highest BCUT2D eigenvalue weighted by molar-refractivity contribution is 8.00. The van der Waals surface area contributed by atoms with E-state index in [1.54, 1.807) is 49.1 Å². The van der Waals surface area contributed by atoms with E-state index in [2.05, 4.69) is 24.3 Å². The predicted octanol–water partition coefficient (Wildman–Crippen LogP) is 5.79. The van der Waals surface area contributed by atoms with E-state index < -0.39 is 0 Å². The molecule has 3 aromatic carbocycles. The third-order valence-electron chi connectivity index (χ3n) is 5.75. The predicted molar refractivity (Wildman–Crippen MR) is 125 cm³/mol. The molecule has 0 spiro atoms. The SMILES string of the molecule is COc1ccc(CN2C(=O)CC(Sc3ccc(C)cc3)C2c2ccccc2F)c(OC)c1. The summed E-state index contributed by atoms with van der Waals surface area (Å²) >= 11 is 1.63. The van der Waals surface area contributed by atoms with Crippen LogP contribution in [-0.4, -0.2) is 30.3 Å². The van der Waals surface area contributed by atoms with E-state index in [1.165, 1.54) is 11.6 Å². The summed E-state index contributed by atoms with van der Waals surface area (Å²) in [5.41, 5.74) is 2.56. The Morgan fingerprint density at radius 1 is 1.03 bits per heavy atom. The summed E-state index contributed by atoms with van der Waals surface area (Å²) in [6.45, 7) is 2.37. The largest absolute Gasteiger partial charge is 0.497 e. The molecular weight excluding hydrogens is 425 g/mol. The molecule has 32 heavy (non-hydrogen) atoms. The molecule has 4 nitrogen and oxygen atoms in total. The molecule has 166 valence electrons. The van der Waals surface area contributed by atoms with Gasteiger partial charge in [0, 0.05) is 40.3 Å². The minimum absolute atomic E-state index is 0.000681. The topological polar surface area (TPSA) is 38.8 Å². The molecule has 4 rings (SSSR count). The molecule has 0 radical (unpaired) electrons. The smallest absolute Gasteiger partial charge is 0.224 e. The van der Waals surface area contributed by atoms with E-state index in [0.29, 0.717) is 30.0 Å². The minimum atomic E-state index is -0.387. The number of likely N-dealkylation sites (tertiary alicyclic amines) is 1. The zero-order valence-electron chi connectivity index (χ0n) is 18.4. The number of aryl methyl sites for hydroxylation is 1. The Hall–Kier alpha value is -2.99. The molecule has 0 aromatic heterocycles. The normalized spacial score (nSPS) is 18.1. The number of hydrogen-bond acceptors (Lipinski definition) is 4. The van der Waals surface area contributed by atoms with E-state index in [0.717, 1.165) is 10.5 Å². The summed E-state index contributed by atoms with van der Waals surface area (Å²) in [6.07, 6.45) is 0.343. The first-order chi connectivity index (χ1) is 15.5. The lowest BCUT2D eigenvalue weighted by Gasteiger charge is -2.29. The number of thioether (sulfide) groups is 1. The summed E-state index contributed by atoms with van der Waals surface area (Å²) in [5.74, 6) is 1.02. The first-order valence-corrected chi connectivity index (χ1v) is 11.4. The van der Waals surface area contributed by atoms with Crippen LogP contribution in [0.1, 0.15) is 29.2 Å². The molecule has 3 aromatic rings. The number of carbonyl (C=O) groups is 1. The van der Waals surface area contributed by atoms with Crippen LogP contribution in [0.15, 0.2) is 71.6 Å². The van der Waals surface area contributed by atoms with Crippen LogP contribution in [0.2, 0.25) is 0 Å². The van der Waals surface area contributed by atoms with Crippen molar-refractivity contribution in [3.8, 4) is 11.5 Å². The van der Waals surface area contributed by atoms with E-state index in [-0.39, 0.29) is 23.0 Å². The molecule has 2 unspecified atom stereocenters. The number of rotatable bonds is 7. The maximum atomic E-state index is 14.9. The quantitative estimate of drug-likeness (QED) is 0.456. The van der Waals surface area contributed by atoms with Gasteiger partial charge in [0.25, 0.3) is 0 Å². The summed E-state index contributed by atoms with van der Waals surface area (Å²) in [5, 5.41) is -0.105. The average molecular weight is 452 g/mol. The highest BCUT2D eigenvalue weighted by Gasteiger charge is 2.42. The zero-order chi connectivity index (χ0) is 22.7. The number of halogens is 1. The molecule has 0 N–H and O–H groups in total. The van der Waals surface area contributed by atoms with Crippen LogP contribution in [0.4, 0.5) is 4.39 Å². The van der Waals surface area contributed by atoms with Gasteiger partial charge in [-0.25, -0.2) is 4.39 Å². The molecule has 1 saturated heterocycles. The van der Waals surface area contributed by atoms with Crippen molar-refractivity contribution < 1.29 is 18.7 Å². The Morgan fingerprint density at radius 2 is 1.78 bits per heavy atom. The second-order valence-electron chi connectivity index (χ2n) is 7.84. The van der Waals surface area contributed by atoms with E-state index in [1.807, 2.05) is 25.1 Å². The van der Waals surface area contributed by atoms with E-state index in [4.69, 9.17) is 9.47 Å². The molecule has 0 saturated carbocycles. The molecule has 1 aliphatic rings. The lowest BCUT2D eigenvalue weighted by molar-refractivity contribution is -0.129. The summed E-state index contributed by atoms with van der Waals surface area (Å²) in [4.78, 5) is 16.0. The Kier molecular flexibility index (Phi) is 6.70. The maximum Gasteiger partial charge on any atom is 0.224 e.